The molecule has 1 aromatic rings. The Labute approximate surface area is 144 Å². The van der Waals surface area contributed by atoms with Gasteiger partial charge in [-0.05, 0) is 37.1 Å². The number of anilines is 1. The number of piperidine rings is 1. The average molecular weight is 360 g/mol. The van der Waals surface area contributed by atoms with Gasteiger partial charge in [0.05, 0.1) is 6.54 Å². The summed E-state index contributed by atoms with van der Waals surface area (Å²) in [5.41, 5.74) is 0.698. The Hall–Kier alpha value is -1.50. The summed E-state index contributed by atoms with van der Waals surface area (Å²) >= 11 is 11.8. The van der Waals surface area contributed by atoms with Crippen LogP contribution in [0.2, 0.25) is 10.0 Å². The van der Waals surface area contributed by atoms with Crippen LogP contribution in [0, 0.1) is 11.8 Å². The lowest BCUT2D eigenvalue weighted by molar-refractivity contribution is -0.122. The first kappa shape index (κ1) is 17.8. The lowest BCUT2D eigenvalue weighted by Crippen LogP contribution is -2.45. The normalized spacial score (nSPS) is 20.8. The molecule has 23 heavy (non-hydrogen) atoms. The molecule has 1 aliphatic rings. The molecule has 1 aromatic carbocycles. The van der Waals surface area contributed by atoms with Gasteiger partial charge in [-0.1, -0.05) is 23.2 Å². The number of rotatable bonds is 6. The monoisotopic (exact) mass is 359 g/mol. The summed E-state index contributed by atoms with van der Waals surface area (Å²) in [7, 11) is 0. The molecule has 1 saturated heterocycles. The van der Waals surface area contributed by atoms with Crippen molar-refractivity contribution in [2.45, 2.75) is 6.42 Å². The highest BCUT2D eigenvalue weighted by Crippen LogP contribution is 2.23. The Bertz CT molecular complexity index is 563. The van der Waals surface area contributed by atoms with E-state index in [9.17, 15) is 9.59 Å². The van der Waals surface area contributed by atoms with Gasteiger partial charge in [0, 0.05) is 34.7 Å². The quantitative estimate of drug-likeness (QED) is 0.626. The van der Waals surface area contributed by atoms with E-state index in [0.29, 0.717) is 41.8 Å². The Morgan fingerprint density at radius 1 is 1.22 bits per heavy atom. The van der Waals surface area contributed by atoms with Gasteiger partial charge < -0.3 is 21.1 Å². The van der Waals surface area contributed by atoms with Crippen molar-refractivity contribution in [3.63, 3.8) is 0 Å². The fourth-order valence-electron chi connectivity index (χ4n) is 2.65. The van der Waals surface area contributed by atoms with E-state index in [1.54, 1.807) is 18.2 Å². The van der Waals surface area contributed by atoms with Crippen LogP contribution < -0.4 is 16.0 Å². The van der Waals surface area contributed by atoms with E-state index in [1.165, 1.54) is 0 Å². The molecule has 1 fully saturated rings. The zero-order valence-corrected chi connectivity index (χ0v) is 14.0. The molecular formula is C15H19Cl2N3O3. The molecule has 0 bridgehead atoms. The van der Waals surface area contributed by atoms with Gasteiger partial charge >= 0.3 is 6.09 Å². The molecule has 6 nitrogen and oxygen atoms in total. The van der Waals surface area contributed by atoms with Crippen molar-refractivity contribution in [3.8, 4) is 0 Å². The van der Waals surface area contributed by atoms with Crippen LogP contribution in [0.5, 0.6) is 0 Å². The molecule has 0 radical (unpaired) electrons. The minimum Gasteiger partial charge on any atom is -0.465 e. The van der Waals surface area contributed by atoms with Gasteiger partial charge in [0.25, 0.3) is 0 Å². The minimum atomic E-state index is -1.04. The van der Waals surface area contributed by atoms with Crippen LogP contribution in [0.1, 0.15) is 6.42 Å². The second-order valence-corrected chi connectivity index (χ2v) is 6.49. The lowest BCUT2D eigenvalue weighted by atomic mass is 9.87. The maximum Gasteiger partial charge on any atom is 0.404 e. The lowest BCUT2D eigenvalue weighted by Gasteiger charge is -2.29. The van der Waals surface area contributed by atoms with Gasteiger partial charge in [0.2, 0.25) is 0 Å². The Balaban J connectivity index is 1.83. The molecule has 126 valence electrons. The van der Waals surface area contributed by atoms with Crippen molar-refractivity contribution in [1.29, 1.82) is 0 Å². The van der Waals surface area contributed by atoms with Crippen molar-refractivity contribution in [1.82, 2.24) is 10.6 Å². The number of nitrogens with one attached hydrogen (secondary N) is 3. The van der Waals surface area contributed by atoms with E-state index in [2.05, 4.69) is 16.0 Å². The van der Waals surface area contributed by atoms with Gasteiger partial charge in [0.1, 0.15) is 0 Å². The number of carboxylic acid groups (broad SMARTS) is 1. The fraction of sp³-hybridized carbons (Fsp3) is 0.467. The van der Waals surface area contributed by atoms with E-state index < -0.39 is 6.09 Å². The van der Waals surface area contributed by atoms with Crippen molar-refractivity contribution >= 4 is 40.8 Å². The molecule has 2 atom stereocenters. The molecule has 1 amide bonds. The number of halogens is 2. The Morgan fingerprint density at radius 3 is 2.57 bits per heavy atom. The Morgan fingerprint density at radius 2 is 1.91 bits per heavy atom. The van der Waals surface area contributed by atoms with Crippen molar-refractivity contribution in [2.75, 3.05) is 31.5 Å². The third-order valence-corrected chi connectivity index (χ3v) is 4.20. The third-order valence-electron chi connectivity index (χ3n) is 3.77. The van der Waals surface area contributed by atoms with Crippen LogP contribution in [0.15, 0.2) is 18.2 Å². The second kappa shape index (κ2) is 8.38. The number of carbonyl (C=O) groups excluding carboxylic acids is 1. The molecule has 0 saturated carbocycles. The predicted octanol–water partition coefficient (Wildman–Crippen LogP) is 2.47. The third kappa shape index (κ3) is 5.89. The highest BCUT2D eigenvalue weighted by atomic mass is 35.5. The zero-order chi connectivity index (χ0) is 16.8. The van der Waals surface area contributed by atoms with Crippen LogP contribution in [0.4, 0.5) is 10.5 Å². The smallest absolute Gasteiger partial charge is 0.404 e. The van der Waals surface area contributed by atoms with Crippen LogP contribution in [-0.4, -0.2) is 43.2 Å². The topological polar surface area (TPSA) is 90.5 Å². The molecule has 1 aliphatic heterocycles. The van der Waals surface area contributed by atoms with Crippen molar-refractivity contribution in [3.05, 3.63) is 28.2 Å². The first-order valence-electron chi connectivity index (χ1n) is 7.34. The van der Waals surface area contributed by atoms with Crippen LogP contribution >= 0.6 is 23.2 Å². The number of ketones is 1. The number of benzene rings is 1. The molecule has 0 aliphatic carbocycles. The van der Waals surface area contributed by atoms with Crippen LogP contribution in [0.3, 0.4) is 0 Å². The number of Topliss-reactive ketones (excluding diaryl/α,β-unsaturated/α-hetero) is 1. The average Bonchev–Trinajstić information content (AvgIpc) is 2.50. The molecule has 0 aromatic heterocycles. The maximum absolute atomic E-state index is 12.3. The molecule has 2 rings (SSSR count). The Kier molecular flexibility index (Phi) is 6.50. The van der Waals surface area contributed by atoms with E-state index in [1.807, 2.05) is 0 Å². The van der Waals surface area contributed by atoms with Gasteiger partial charge in [-0.15, -0.1) is 0 Å². The molecule has 4 N–H and O–H groups in total. The molecule has 1 heterocycles. The summed E-state index contributed by atoms with van der Waals surface area (Å²) in [6.07, 6.45) is -0.373. The minimum absolute atomic E-state index is 0.0774. The van der Waals surface area contributed by atoms with Gasteiger partial charge in [-0.3, -0.25) is 4.79 Å². The fourth-order valence-corrected chi connectivity index (χ4v) is 3.18. The summed E-state index contributed by atoms with van der Waals surface area (Å²) in [5.74, 6) is 0.0644. The van der Waals surface area contributed by atoms with Crippen molar-refractivity contribution < 1.29 is 14.7 Å². The van der Waals surface area contributed by atoms with Crippen molar-refractivity contribution in [2.24, 2.45) is 11.8 Å². The summed E-state index contributed by atoms with van der Waals surface area (Å²) < 4.78 is 0. The van der Waals surface area contributed by atoms with Gasteiger partial charge in [0.15, 0.2) is 5.78 Å². The van der Waals surface area contributed by atoms with Crippen LogP contribution in [-0.2, 0) is 4.79 Å². The van der Waals surface area contributed by atoms with Gasteiger partial charge in [-0.25, -0.2) is 4.79 Å². The number of amides is 1. The molecule has 0 spiro atoms. The van der Waals surface area contributed by atoms with E-state index >= 15 is 0 Å². The first-order valence-corrected chi connectivity index (χ1v) is 8.10. The summed E-state index contributed by atoms with van der Waals surface area (Å²) in [5, 5.41) is 18.2. The second-order valence-electron chi connectivity index (χ2n) is 5.62. The largest absolute Gasteiger partial charge is 0.465 e. The highest BCUT2D eigenvalue weighted by molar-refractivity contribution is 6.35. The molecule has 2 unspecified atom stereocenters. The number of hydrogen-bond donors (Lipinski definition) is 4. The van der Waals surface area contributed by atoms with E-state index in [0.717, 1.165) is 0 Å². The number of hydrogen-bond acceptors (Lipinski definition) is 4. The van der Waals surface area contributed by atoms with Crippen LogP contribution in [0.25, 0.3) is 0 Å². The zero-order valence-electron chi connectivity index (χ0n) is 12.4. The predicted molar refractivity (Wildman–Crippen MR) is 90.5 cm³/mol. The summed E-state index contributed by atoms with van der Waals surface area (Å²) in [6.45, 7) is 1.85. The van der Waals surface area contributed by atoms with E-state index in [-0.39, 0.29) is 24.2 Å². The standard InChI is InChI=1S/C15H19Cl2N3O3/c16-11-2-12(17)4-13(3-11)19-8-14(21)10-1-9(5-18-7-10)6-20-15(22)23/h2-4,9-10,18-20H,1,5-8H2,(H,22,23). The molecule has 8 heteroatoms. The maximum atomic E-state index is 12.3. The first-order chi connectivity index (χ1) is 10.9. The number of carbonyl (C=O) groups is 2. The van der Waals surface area contributed by atoms with Gasteiger partial charge in [-0.2, -0.15) is 0 Å². The van der Waals surface area contributed by atoms with E-state index in [4.69, 9.17) is 28.3 Å². The molecular weight excluding hydrogens is 341 g/mol. The highest BCUT2D eigenvalue weighted by Gasteiger charge is 2.26. The summed E-state index contributed by atoms with van der Waals surface area (Å²) in [6, 6.07) is 5.04. The summed E-state index contributed by atoms with van der Waals surface area (Å²) in [4.78, 5) is 22.9. The SMILES string of the molecule is O=C(O)NCC1CNCC(C(=O)CNc2cc(Cl)cc(Cl)c2)C1.